The standard InChI is InChI=1S/C29H28N2O13/c1-11-27-14(31(10-42-27)28(37)38)6-18(43-11)44-16-8-29(39,17(33)9-32)7-13-19(16)23(30-40)21-22(25(13)35)24(34)12-4-3-5-15(41-2)20(12)26(21)36/h3-5,11,14,16,18,27,32,35,39H,6-10H2,1-2H3,(H,37,38)/t11-,14-,16-,18-,27+,29-/m0/s1. The minimum Gasteiger partial charge on any atom is -0.507 e. The van der Waals surface area contributed by atoms with Crippen LogP contribution in [-0.2, 0) is 25.4 Å². The Labute approximate surface area is 248 Å². The molecule has 0 radical (unpaired) electrons. The number of amides is 1. The lowest BCUT2D eigenvalue weighted by atomic mass is 9.71. The first-order valence-corrected chi connectivity index (χ1v) is 13.8. The number of fused-ring (bicyclic) bond motifs is 4. The van der Waals surface area contributed by atoms with E-state index in [1.165, 1.54) is 25.3 Å². The Morgan fingerprint density at radius 3 is 2.59 bits per heavy atom. The minimum absolute atomic E-state index is 0.0394. The Bertz CT molecular complexity index is 1620. The molecule has 2 aliphatic heterocycles. The first kappa shape index (κ1) is 29.8. The smallest absolute Gasteiger partial charge is 0.409 e. The van der Waals surface area contributed by atoms with Crippen LogP contribution in [0.3, 0.4) is 0 Å². The fourth-order valence-electron chi connectivity index (χ4n) is 6.79. The summed E-state index contributed by atoms with van der Waals surface area (Å²) in [5, 5.41) is 45.3. The number of rotatable bonds is 6. The highest BCUT2D eigenvalue weighted by atomic mass is 16.7. The molecule has 6 atom stereocenters. The number of aliphatic hydroxyl groups is 2. The number of methoxy groups -OCH3 is 1. The molecule has 44 heavy (non-hydrogen) atoms. The minimum atomic E-state index is -2.33. The fraction of sp³-hybridized carbons (Fsp3) is 0.448. The van der Waals surface area contributed by atoms with E-state index in [1.54, 1.807) is 6.92 Å². The quantitative estimate of drug-likeness (QED) is 0.292. The number of nitrogens with zero attached hydrogens (tertiary/aromatic N) is 2. The predicted molar refractivity (Wildman–Crippen MR) is 145 cm³/mol. The molecule has 0 bridgehead atoms. The first-order valence-electron chi connectivity index (χ1n) is 13.8. The molecule has 6 rings (SSSR count). The summed E-state index contributed by atoms with van der Waals surface area (Å²) in [7, 11) is 1.30. The van der Waals surface area contributed by atoms with Crippen LogP contribution in [0.4, 0.5) is 10.5 Å². The summed E-state index contributed by atoms with van der Waals surface area (Å²) in [5.74, 6) is -3.37. The van der Waals surface area contributed by atoms with Crippen molar-refractivity contribution in [3.05, 3.63) is 56.5 Å². The predicted octanol–water partition coefficient (Wildman–Crippen LogP) is 1.71. The van der Waals surface area contributed by atoms with Crippen LogP contribution >= 0.6 is 0 Å². The van der Waals surface area contributed by atoms with Gasteiger partial charge in [-0.2, -0.15) is 0 Å². The van der Waals surface area contributed by atoms with Gasteiger partial charge in [-0.1, -0.05) is 12.1 Å². The molecule has 2 fully saturated rings. The summed E-state index contributed by atoms with van der Waals surface area (Å²) in [6.45, 7) is 0.385. The van der Waals surface area contributed by atoms with E-state index >= 15 is 0 Å². The number of aromatic hydroxyl groups is 1. The monoisotopic (exact) mass is 612 g/mol. The van der Waals surface area contributed by atoms with Gasteiger partial charge >= 0.3 is 6.09 Å². The molecule has 4 N–H and O–H groups in total. The summed E-state index contributed by atoms with van der Waals surface area (Å²) < 4.78 is 23.0. The number of ether oxygens (including phenoxy) is 4. The molecule has 15 nitrogen and oxygen atoms in total. The molecule has 0 spiro atoms. The molecule has 2 aromatic carbocycles. The molecule has 4 aliphatic rings. The van der Waals surface area contributed by atoms with Crippen LogP contribution in [-0.4, -0.2) is 99.4 Å². The number of carbonyl (C=O) groups excluding carboxylic acids is 3. The molecule has 2 aromatic rings. The van der Waals surface area contributed by atoms with Crippen LogP contribution in [0, 0.1) is 4.91 Å². The molecular formula is C29H28N2O13. The van der Waals surface area contributed by atoms with Crippen LogP contribution in [0.1, 0.15) is 68.8 Å². The first-order chi connectivity index (χ1) is 20.9. The van der Waals surface area contributed by atoms with E-state index in [4.69, 9.17) is 18.9 Å². The van der Waals surface area contributed by atoms with Gasteiger partial charge in [0.1, 0.15) is 42.2 Å². The number of ketones is 3. The molecule has 2 saturated heterocycles. The van der Waals surface area contributed by atoms with Gasteiger partial charge in [0.25, 0.3) is 0 Å². The van der Waals surface area contributed by atoms with Gasteiger partial charge in [0.15, 0.2) is 17.9 Å². The van der Waals surface area contributed by atoms with Gasteiger partial charge in [0.05, 0.1) is 42.0 Å². The Morgan fingerprint density at radius 1 is 1.18 bits per heavy atom. The van der Waals surface area contributed by atoms with Crippen molar-refractivity contribution in [1.82, 2.24) is 4.90 Å². The summed E-state index contributed by atoms with van der Waals surface area (Å²) in [4.78, 5) is 65.7. The van der Waals surface area contributed by atoms with E-state index in [-0.39, 0.29) is 41.2 Å². The van der Waals surface area contributed by atoms with E-state index in [2.05, 4.69) is 5.18 Å². The maximum absolute atomic E-state index is 13.9. The number of phenols is 1. The largest absolute Gasteiger partial charge is 0.507 e. The number of hydrogen-bond acceptors (Lipinski definition) is 13. The maximum Gasteiger partial charge on any atom is 0.409 e. The van der Waals surface area contributed by atoms with E-state index < -0.39 is 102 Å². The number of Topliss-reactive ketones (excluding diaryl/α,β-unsaturated/α-hetero) is 1. The molecule has 15 heteroatoms. The average Bonchev–Trinajstić information content (AvgIpc) is 3.44. The average molecular weight is 613 g/mol. The Balaban J connectivity index is 1.50. The maximum atomic E-state index is 13.9. The topological polar surface area (TPSA) is 219 Å². The second-order valence-corrected chi connectivity index (χ2v) is 11.2. The van der Waals surface area contributed by atoms with Gasteiger partial charge in [-0.05, 0) is 18.2 Å². The van der Waals surface area contributed by atoms with Crippen LogP contribution in [0.2, 0.25) is 0 Å². The van der Waals surface area contributed by atoms with Gasteiger partial charge in [0, 0.05) is 36.0 Å². The van der Waals surface area contributed by atoms with Crippen molar-refractivity contribution in [3.63, 3.8) is 0 Å². The van der Waals surface area contributed by atoms with Crippen LogP contribution in [0.25, 0.3) is 0 Å². The Morgan fingerprint density at radius 2 is 1.93 bits per heavy atom. The van der Waals surface area contributed by atoms with Crippen molar-refractivity contribution in [3.8, 4) is 11.5 Å². The number of carboxylic acid groups (broad SMARTS) is 1. The number of hydrogen-bond donors (Lipinski definition) is 4. The van der Waals surface area contributed by atoms with Gasteiger partial charge in [0.2, 0.25) is 5.78 Å². The zero-order valence-corrected chi connectivity index (χ0v) is 23.5. The third kappa shape index (κ3) is 4.30. The highest BCUT2D eigenvalue weighted by Gasteiger charge is 2.52. The fourth-order valence-corrected chi connectivity index (χ4v) is 6.79. The number of carbonyl (C=O) groups is 4. The van der Waals surface area contributed by atoms with E-state index in [9.17, 15) is 44.5 Å². The highest BCUT2D eigenvalue weighted by molar-refractivity contribution is 6.32. The summed E-state index contributed by atoms with van der Waals surface area (Å²) in [6, 6.07) is 3.61. The molecular weight excluding hydrogens is 584 g/mol. The van der Waals surface area contributed by atoms with Crippen LogP contribution in [0.5, 0.6) is 11.5 Å². The Hall–Kier alpha value is -4.28. The molecule has 0 aromatic heterocycles. The van der Waals surface area contributed by atoms with Gasteiger partial charge < -0.3 is 39.4 Å². The zero-order chi connectivity index (χ0) is 31.7. The molecule has 232 valence electrons. The summed E-state index contributed by atoms with van der Waals surface area (Å²) in [5.41, 5.74) is -4.52. The lowest BCUT2D eigenvalue weighted by Gasteiger charge is -2.42. The van der Waals surface area contributed by atoms with E-state index in [0.29, 0.717) is 0 Å². The lowest BCUT2D eigenvalue weighted by molar-refractivity contribution is -0.245. The van der Waals surface area contributed by atoms with Gasteiger partial charge in [-0.25, -0.2) is 4.79 Å². The molecule has 2 aliphatic carbocycles. The van der Waals surface area contributed by atoms with Gasteiger partial charge in [-0.3, -0.25) is 19.3 Å². The number of nitroso groups, excluding NO2 is 1. The normalized spacial score (nSPS) is 28.9. The Kier molecular flexibility index (Phi) is 7.25. The zero-order valence-electron chi connectivity index (χ0n) is 23.5. The molecule has 0 unspecified atom stereocenters. The van der Waals surface area contributed by atoms with Crippen molar-refractivity contribution < 1.29 is 58.6 Å². The third-order valence-electron chi connectivity index (χ3n) is 8.84. The van der Waals surface area contributed by atoms with Crippen LogP contribution < -0.4 is 4.74 Å². The summed E-state index contributed by atoms with van der Waals surface area (Å²) in [6.07, 6.45) is -6.32. The molecule has 1 amide bonds. The molecule has 2 heterocycles. The second kappa shape index (κ2) is 10.7. The second-order valence-electron chi connectivity index (χ2n) is 11.2. The van der Waals surface area contributed by atoms with E-state index in [1.807, 2.05) is 0 Å². The highest BCUT2D eigenvalue weighted by Crippen LogP contribution is 2.53. The van der Waals surface area contributed by atoms with Crippen molar-refractivity contribution >= 4 is 29.1 Å². The lowest BCUT2D eigenvalue weighted by Crippen LogP contribution is -2.52. The van der Waals surface area contributed by atoms with Crippen LogP contribution in [0.15, 0.2) is 23.4 Å². The SMILES string of the molecule is COc1cccc2c1C(=O)c1c(N=O)c3c(c(O)c1C2=O)C[C@@](O)(C(=O)CO)C[C@@H]3O[C@H]1C[C@H]2[C@H](OCN2C(=O)O)[C@H](C)O1. The van der Waals surface area contributed by atoms with Gasteiger partial charge in [-0.15, -0.1) is 4.91 Å². The number of aliphatic hydroxyl groups excluding tert-OH is 1. The van der Waals surface area contributed by atoms with Crippen molar-refractivity contribution in [1.29, 1.82) is 0 Å². The molecule has 0 saturated carbocycles. The van der Waals surface area contributed by atoms with E-state index in [0.717, 1.165) is 4.90 Å². The van der Waals surface area contributed by atoms with Crippen molar-refractivity contribution in [2.45, 2.75) is 62.4 Å². The summed E-state index contributed by atoms with van der Waals surface area (Å²) >= 11 is 0. The van der Waals surface area contributed by atoms with Crippen molar-refractivity contribution in [2.75, 3.05) is 20.4 Å². The number of benzene rings is 2. The van der Waals surface area contributed by atoms with Crippen molar-refractivity contribution in [2.24, 2.45) is 5.18 Å². The third-order valence-corrected chi connectivity index (χ3v) is 8.84. The number of phenolic OH excluding ortho intramolecular Hbond substituents is 1.